The van der Waals surface area contributed by atoms with Gasteiger partial charge in [0.2, 0.25) is 0 Å². The number of amides is 1. The van der Waals surface area contributed by atoms with Gasteiger partial charge in [0.1, 0.15) is 0 Å². The molecular weight excluding hydrogens is 344 g/mol. The van der Waals surface area contributed by atoms with Gasteiger partial charge in [-0.25, -0.2) is 4.98 Å². The van der Waals surface area contributed by atoms with E-state index in [1.807, 2.05) is 74.5 Å². The van der Waals surface area contributed by atoms with Crippen molar-refractivity contribution in [3.05, 3.63) is 95.1 Å². The molecule has 3 heteroatoms. The van der Waals surface area contributed by atoms with E-state index in [-0.39, 0.29) is 5.91 Å². The fraction of sp³-hybridized carbons (Fsp3) is 0.120. The number of hydrogen-bond acceptors (Lipinski definition) is 2. The predicted octanol–water partition coefficient (Wildman–Crippen LogP) is 6.08. The van der Waals surface area contributed by atoms with Gasteiger partial charge in [0, 0.05) is 16.6 Å². The number of pyridine rings is 1. The topological polar surface area (TPSA) is 42.0 Å². The molecule has 0 bridgehead atoms. The minimum atomic E-state index is -0.124. The van der Waals surface area contributed by atoms with Gasteiger partial charge < -0.3 is 5.32 Å². The number of anilines is 1. The molecule has 1 amide bonds. The fourth-order valence-corrected chi connectivity index (χ4v) is 3.39. The number of carbonyl (C=O) groups is 1. The van der Waals surface area contributed by atoms with Gasteiger partial charge in [0.05, 0.1) is 16.8 Å². The number of aryl methyl sites for hydroxylation is 2. The van der Waals surface area contributed by atoms with E-state index in [9.17, 15) is 4.79 Å². The summed E-state index contributed by atoms with van der Waals surface area (Å²) in [6.07, 6.45) is 0. The first-order valence-corrected chi connectivity index (χ1v) is 9.37. The second-order valence-corrected chi connectivity index (χ2v) is 7.14. The lowest BCUT2D eigenvalue weighted by molar-refractivity contribution is 0.102. The molecule has 3 aromatic carbocycles. The van der Waals surface area contributed by atoms with Gasteiger partial charge in [0.25, 0.3) is 5.91 Å². The van der Waals surface area contributed by atoms with Gasteiger partial charge in [-0.05, 0) is 56.2 Å². The Hall–Kier alpha value is -3.46. The number of para-hydroxylation sites is 1. The van der Waals surface area contributed by atoms with Crippen molar-refractivity contribution < 1.29 is 4.79 Å². The third-order valence-corrected chi connectivity index (χ3v) is 5.13. The van der Waals surface area contributed by atoms with E-state index < -0.39 is 0 Å². The number of nitrogens with one attached hydrogen (secondary N) is 1. The Balaban J connectivity index is 1.83. The van der Waals surface area contributed by atoms with Crippen molar-refractivity contribution in [2.45, 2.75) is 20.8 Å². The summed E-state index contributed by atoms with van der Waals surface area (Å²) in [6, 6.07) is 23.8. The summed E-state index contributed by atoms with van der Waals surface area (Å²) in [5.41, 5.74) is 7.47. The molecule has 4 rings (SSSR count). The van der Waals surface area contributed by atoms with Crippen LogP contribution in [0.2, 0.25) is 0 Å². The number of hydrogen-bond donors (Lipinski definition) is 1. The van der Waals surface area contributed by atoms with E-state index in [1.165, 1.54) is 0 Å². The molecule has 0 aliphatic carbocycles. The van der Waals surface area contributed by atoms with Crippen LogP contribution >= 0.6 is 0 Å². The first kappa shape index (κ1) is 17.9. The Labute approximate surface area is 165 Å². The summed E-state index contributed by atoms with van der Waals surface area (Å²) in [5, 5.41) is 3.93. The molecular formula is C25H22N2O. The van der Waals surface area contributed by atoms with Gasteiger partial charge in [-0.15, -0.1) is 0 Å². The lowest BCUT2D eigenvalue weighted by Gasteiger charge is -2.13. The van der Waals surface area contributed by atoms with Crippen molar-refractivity contribution in [2.24, 2.45) is 0 Å². The van der Waals surface area contributed by atoms with Crippen LogP contribution in [0.15, 0.2) is 72.8 Å². The molecule has 0 aliphatic rings. The second kappa shape index (κ2) is 7.28. The summed E-state index contributed by atoms with van der Waals surface area (Å²) >= 11 is 0. The number of fused-ring (bicyclic) bond motifs is 1. The van der Waals surface area contributed by atoms with E-state index in [1.54, 1.807) is 0 Å². The highest BCUT2D eigenvalue weighted by Gasteiger charge is 2.15. The van der Waals surface area contributed by atoms with Gasteiger partial charge in [-0.2, -0.15) is 0 Å². The van der Waals surface area contributed by atoms with Crippen molar-refractivity contribution in [3.63, 3.8) is 0 Å². The first-order chi connectivity index (χ1) is 13.5. The molecule has 0 unspecified atom stereocenters. The molecule has 3 nitrogen and oxygen atoms in total. The molecule has 138 valence electrons. The zero-order valence-electron chi connectivity index (χ0n) is 16.3. The minimum absolute atomic E-state index is 0.124. The van der Waals surface area contributed by atoms with E-state index in [2.05, 4.69) is 24.4 Å². The maximum atomic E-state index is 13.2. The van der Waals surface area contributed by atoms with Crippen LogP contribution in [0.1, 0.15) is 27.0 Å². The Morgan fingerprint density at radius 3 is 2.46 bits per heavy atom. The van der Waals surface area contributed by atoms with E-state index in [0.29, 0.717) is 5.56 Å². The van der Waals surface area contributed by atoms with Crippen LogP contribution in [0, 0.1) is 20.8 Å². The monoisotopic (exact) mass is 366 g/mol. The summed E-state index contributed by atoms with van der Waals surface area (Å²) in [5.74, 6) is -0.124. The van der Waals surface area contributed by atoms with Crippen molar-refractivity contribution in [1.29, 1.82) is 0 Å². The minimum Gasteiger partial charge on any atom is -0.322 e. The molecule has 4 aromatic rings. The number of rotatable bonds is 3. The molecule has 0 aliphatic heterocycles. The highest BCUT2D eigenvalue weighted by atomic mass is 16.1. The highest BCUT2D eigenvalue weighted by molar-refractivity contribution is 6.13. The summed E-state index contributed by atoms with van der Waals surface area (Å²) in [7, 11) is 0. The average Bonchev–Trinajstić information content (AvgIpc) is 2.70. The van der Waals surface area contributed by atoms with Gasteiger partial charge >= 0.3 is 0 Å². The molecule has 0 spiro atoms. The van der Waals surface area contributed by atoms with Crippen molar-refractivity contribution in [3.8, 4) is 11.3 Å². The zero-order chi connectivity index (χ0) is 19.7. The molecule has 1 N–H and O–H groups in total. The van der Waals surface area contributed by atoms with E-state index >= 15 is 0 Å². The zero-order valence-corrected chi connectivity index (χ0v) is 16.3. The standard InChI is InChI=1S/C25H22N2O/c1-16-8-6-10-19(14-16)24-15-21(20-11-4-5-12-23(20)26-24)25(28)27-22-13-7-9-17(2)18(22)3/h4-15H,1-3H3,(H,27,28). The van der Waals surface area contributed by atoms with Gasteiger partial charge in [0.15, 0.2) is 0 Å². The first-order valence-electron chi connectivity index (χ1n) is 9.37. The van der Waals surface area contributed by atoms with Crippen LogP contribution in [0.5, 0.6) is 0 Å². The molecule has 28 heavy (non-hydrogen) atoms. The summed E-state index contributed by atoms with van der Waals surface area (Å²) in [4.78, 5) is 18.0. The normalized spacial score (nSPS) is 10.8. The number of benzene rings is 3. The van der Waals surface area contributed by atoms with Crippen molar-refractivity contribution in [2.75, 3.05) is 5.32 Å². The van der Waals surface area contributed by atoms with Crippen LogP contribution in [0.4, 0.5) is 5.69 Å². The molecule has 0 saturated carbocycles. The fourth-order valence-electron chi connectivity index (χ4n) is 3.39. The van der Waals surface area contributed by atoms with Crippen LogP contribution in [-0.4, -0.2) is 10.9 Å². The lowest BCUT2D eigenvalue weighted by atomic mass is 10.0. The highest BCUT2D eigenvalue weighted by Crippen LogP contribution is 2.27. The van der Waals surface area contributed by atoms with Crippen LogP contribution in [0.3, 0.4) is 0 Å². The predicted molar refractivity (Wildman–Crippen MR) is 116 cm³/mol. The maximum absolute atomic E-state index is 13.2. The number of carbonyl (C=O) groups excluding carboxylic acids is 1. The number of aromatic nitrogens is 1. The maximum Gasteiger partial charge on any atom is 0.256 e. The lowest BCUT2D eigenvalue weighted by Crippen LogP contribution is -2.14. The van der Waals surface area contributed by atoms with Gasteiger partial charge in [-0.3, -0.25) is 4.79 Å². The molecule has 0 saturated heterocycles. The molecule has 1 heterocycles. The van der Waals surface area contributed by atoms with Crippen LogP contribution in [-0.2, 0) is 0 Å². The molecule has 0 radical (unpaired) electrons. The van der Waals surface area contributed by atoms with Crippen LogP contribution in [0.25, 0.3) is 22.2 Å². The Morgan fingerprint density at radius 1 is 0.857 bits per heavy atom. The molecule has 0 fully saturated rings. The molecule has 1 aromatic heterocycles. The third kappa shape index (κ3) is 3.39. The van der Waals surface area contributed by atoms with Crippen LogP contribution < -0.4 is 5.32 Å². The van der Waals surface area contributed by atoms with Crippen molar-refractivity contribution in [1.82, 2.24) is 4.98 Å². The largest absolute Gasteiger partial charge is 0.322 e. The molecule has 0 atom stereocenters. The van der Waals surface area contributed by atoms with E-state index in [4.69, 9.17) is 4.98 Å². The smallest absolute Gasteiger partial charge is 0.256 e. The Morgan fingerprint density at radius 2 is 1.64 bits per heavy atom. The Kier molecular flexibility index (Phi) is 4.66. The third-order valence-electron chi connectivity index (χ3n) is 5.13. The summed E-state index contributed by atoms with van der Waals surface area (Å²) < 4.78 is 0. The quantitative estimate of drug-likeness (QED) is 0.477. The Bertz CT molecular complexity index is 1190. The van der Waals surface area contributed by atoms with Crippen molar-refractivity contribution >= 4 is 22.5 Å². The second-order valence-electron chi connectivity index (χ2n) is 7.14. The van der Waals surface area contributed by atoms with Gasteiger partial charge in [-0.1, -0.05) is 54.1 Å². The summed E-state index contributed by atoms with van der Waals surface area (Å²) in [6.45, 7) is 6.12. The number of nitrogens with zero attached hydrogens (tertiary/aromatic N) is 1. The SMILES string of the molecule is Cc1cccc(-c2cc(C(=O)Nc3cccc(C)c3C)c3ccccc3n2)c1. The average molecular weight is 366 g/mol. The van der Waals surface area contributed by atoms with E-state index in [0.717, 1.165) is 44.5 Å².